The first-order valence-corrected chi connectivity index (χ1v) is 11.9. The van der Waals surface area contributed by atoms with Gasteiger partial charge in [0.15, 0.2) is 11.6 Å². The number of carboxylic acid groups (broad SMARTS) is 1. The lowest BCUT2D eigenvalue weighted by Gasteiger charge is -2.11. The number of halogens is 3. The number of rotatable bonds is 7. The Bertz CT molecular complexity index is 1480. The van der Waals surface area contributed by atoms with Gasteiger partial charge in [-0.05, 0) is 43.3 Å². The lowest BCUT2D eigenvalue weighted by atomic mass is 10.0. The van der Waals surface area contributed by atoms with Crippen LogP contribution in [0.4, 0.5) is 0 Å². The van der Waals surface area contributed by atoms with Crippen LogP contribution >= 0.6 is 46.1 Å². The van der Waals surface area contributed by atoms with E-state index in [9.17, 15) is 19.5 Å². The Morgan fingerprint density at radius 3 is 2.40 bits per heavy atom. The molecule has 2 aromatic carbocycles. The first kappa shape index (κ1) is 24.9. The van der Waals surface area contributed by atoms with Crippen LogP contribution in [-0.4, -0.2) is 32.4 Å². The van der Waals surface area contributed by atoms with E-state index in [4.69, 9.17) is 34.8 Å². The highest BCUT2D eigenvalue weighted by Gasteiger charge is 2.24. The largest absolute Gasteiger partial charge is 0.544 e. The average Bonchev–Trinajstić information content (AvgIpc) is 3.42. The standard InChI is InChI=1S/C23H15Cl3N4O4S/c1-11-28-29-19(10-27-21(32)12-6-7-16(25)17(26)8-12)30(11)22-14(9-18(35-22)23(33)34)20(31)13-4-2-3-5-15(13)24/h2-9H,10H2,1H3,(H,27,32)(H,33,34)/p-1. The lowest BCUT2D eigenvalue weighted by molar-refractivity contribution is -0.254. The van der Waals surface area contributed by atoms with Gasteiger partial charge in [-0.2, -0.15) is 0 Å². The van der Waals surface area contributed by atoms with Gasteiger partial charge < -0.3 is 15.2 Å². The minimum absolute atomic E-state index is 0.0712. The van der Waals surface area contributed by atoms with Gasteiger partial charge in [0, 0.05) is 11.1 Å². The van der Waals surface area contributed by atoms with Crippen LogP contribution in [0.3, 0.4) is 0 Å². The van der Waals surface area contributed by atoms with Crippen molar-refractivity contribution in [2.45, 2.75) is 13.5 Å². The van der Waals surface area contributed by atoms with Crippen molar-refractivity contribution in [2.75, 3.05) is 0 Å². The predicted molar refractivity (Wildman–Crippen MR) is 131 cm³/mol. The number of carbonyl (C=O) groups excluding carboxylic acids is 3. The molecule has 12 heteroatoms. The molecule has 0 saturated carbocycles. The number of hydrogen-bond donors (Lipinski definition) is 1. The van der Waals surface area contributed by atoms with Gasteiger partial charge in [-0.3, -0.25) is 14.2 Å². The fourth-order valence-electron chi connectivity index (χ4n) is 3.28. The van der Waals surface area contributed by atoms with Gasteiger partial charge >= 0.3 is 0 Å². The summed E-state index contributed by atoms with van der Waals surface area (Å²) >= 11 is 18.9. The van der Waals surface area contributed by atoms with E-state index < -0.39 is 17.7 Å². The van der Waals surface area contributed by atoms with Crippen molar-refractivity contribution in [1.82, 2.24) is 20.1 Å². The molecule has 1 N–H and O–H groups in total. The Kier molecular flexibility index (Phi) is 7.23. The molecule has 2 heterocycles. The maximum atomic E-state index is 13.3. The fraction of sp³-hybridized carbons (Fsp3) is 0.0870. The highest BCUT2D eigenvalue weighted by Crippen LogP contribution is 2.32. The highest BCUT2D eigenvalue weighted by atomic mass is 35.5. The van der Waals surface area contributed by atoms with Gasteiger partial charge in [0.25, 0.3) is 5.91 Å². The van der Waals surface area contributed by atoms with Crippen molar-refractivity contribution in [3.63, 3.8) is 0 Å². The van der Waals surface area contributed by atoms with Gasteiger partial charge in [-0.15, -0.1) is 21.5 Å². The third-order valence-electron chi connectivity index (χ3n) is 4.96. The number of aromatic nitrogens is 3. The minimum atomic E-state index is -1.44. The SMILES string of the molecule is Cc1nnc(CNC(=O)c2ccc(Cl)c(Cl)c2)n1-c1sc(C(=O)[O-])cc1C(=O)c1ccccc1Cl. The number of ketones is 1. The number of thiophene rings is 1. The molecule has 0 saturated heterocycles. The number of hydrogen-bond acceptors (Lipinski definition) is 7. The molecule has 0 atom stereocenters. The van der Waals surface area contributed by atoms with Gasteiger partial charge in [0.1, 0.15) is 10.8 Å². The maximum absolute atomic E-state index is 13.3. The Morgan fingerprint density at radius 2 is 1.71 bits per heavy atom. The van der Waals surface area contributed by atoms with Crippen LogP contribution < -0.4 is 10.4 Å². The van der Waals surface area contributed by atoms with Crippen molar-refractivity contribution in [1.29, 1.82) is 0 Å². The molecule has 2 aromatic heterocycles. The summed E-state index contributed by atoms with van der Waals surface area (Å²) in [6.07, 6.45) is 0. The number of benzene rings is 2. The molecule has 4 rings (SSSR count). The van der Waals surface area contributed by atoms with E-state index in [-0.39, 0.29) is 49.0 Å². The minimum Gasteiger partial charge on any atom is -0.544 e. The number of nitrogens with one attached hydrogen (secondary N) is 1. The summed E-state index contributed by atoms with van der Waals surface area (Å²) in [5.41, 5.74) is 0.577. The zero-order valence-corrected chi connectivity index (χ0v) is 20.9. The monoisotopic (exact) mass is 547 g/mol. The molecule has 0 spiro atoms. The molecule has 0 radical (unpaired) electrons. The van der Waals surface area contributed by atoms with Crippen LogP contribution in [0, 0.1) is 6.92 Å². The number of nitrogens with zero attached hydrogens (tertiary/aromatic N) is 3. The summed E-state index contributed by atoms with van der Waals surface area (Å²) in [6, 6.07) is 12.1. The molecule has 0 bridgehead atoms. The van der Waals surface area contributed by atoms with Crippen molar-refractivity contribution < 1.29 is 19.5 Å². The Balaban J connectivity index is 1.70. The van der Waals surface area contributed by atoms with Crippen LogP contribution in [0.2, 0.25) is 15.1 Å². The van der Waals surface area contributed by atoms with E-state index in [2.05, 4.69) is 15.5 Å². The molecule has 1 amide bonds. The first-order valence-electron chi connectivity index (χ1n) is 9.96. The summed E-state index contributed by atoms with van der Waals surface area (Å²) in [5, 5.41) is 23.5. The van der Waals surface area contributed by atoms with Crippen LogP contribution in [0.5, 0.6) is 0 Å². The van der Waals surface area contributed by atoms with E-state index in [1.54, 1.807) is 31.2 Å². The van der Waals surface area contributed by atoms with Crippen molar-refractivity contribution in [3.05, 3.63) is 96.8 Å². The Morgan fingerprint density at radius 1 is 0.971 bits per heavy atom. The Labute approximate surface area is 218 Å². The summed E-state index contributed by atoms with van der Waals surface area (Å²) in [5.74, 6) is -1.70. The van der Waals surface area contributed by atoms with Crippen molar-refractivity contribution in [3.8, 4) is 5.00 Å². The van der Waals surface area contributed by atoms with Gasteiger partial charge in [0.05, 0.1) is 38.0 Å². The number of aryl methyl sites for hydroxylation is 1. The van der Waals surface area contributed by atoms with Gasteiger partial charge in [0.2, 0.25) is 0 Å². The molecule has 0 aliphatic carbocycles. The summed E-state index contributed by atoms with van der Waals surface area (Å²) in [4.78, 5) is 37.4. The first-order chi connectivity index (χ1) is 16.7. The topological polar surface area (TPSA) is 117 Å². The van der Waals surface area contributed by atoms with Gasteiger partial charge in [-0.25, -0.2) is 0 Å². The average molecular weight is 549 g/mol. The highest BCUT2D eigenvalue weighted by molar-refractivity contribution is 7.16. The van der Waals surface area contributed by atoms with Crippen LogP contribution in [-0.2, 0) is 6.54 Å². The summed E-state index contributed by atoms with van der Waals surface area (Å²) < 4.78 is 1.51. The molecular formula is C23H14Cl3N4O4S-. The van der Waals surface area contributed by atoms with E-state index in [0.29, 0.717) is 10.8 Å². The second kappa shape index (κ2) is 10.2. The number of carbonyl (C=O) groups is 3. The molecule has 0 fully saturated rings. The summed E-state index contributed by atoms with van der Waals surface area (Å²) in [7, 11) is 0. The molecule has 0 aliphatic rings. The number of amides is 1. The number of carboxylic acids is 1. The van der Waals surface area contributed by atoms with Crippen molar-refractivity contribution >= 4 is 63.8 Å². The van der Waals surface area contributed by atoms with E-state index in [0.717, 1.165) is 11.3 Å². The van der Waals surface area contributed by atoms with Gasteiger partial charge in [-0.1, -0.05) is 46.9 Å². The van der Waals surface area contributed by atoms with Crippen molar-refractivity contribution in [2.24, 2.45) is 0 Å². The molecule has 0 aliphatic heterocycles. The van der Waals surface area contributed by atoms with Crippen LogP contribution in [0.25, 0.3) is 5.00 Å². The third-order valence-corrected chi connectivity index (χ3v) is 7.13. The maximum Gasteiger partial charge on any atom is 0.251 e. The third kappa shape index (κ3) is 5.08. The van der Waals surface area contributed by atoms with E-state index >= 15 is 0 Å². The zero-order chi connectivity index (χ0) is 25.3. The fourth-order valence-corrected chi connectivity index (χ4v) is 4.86. The molecular weight excluding hydrogens is 535 g/mol. The van der Waals surface area contributed by atoms with E-state index in [1.807, 2.05) is 0 Å². The second-order valence-corrected chi connectivity index (χ2v) is 9.49. The lowest BCUT2D eigenvalue weighted by Crippen LogP contribution is -2.24. The predicted octanol–water partition coefficient (Wildman–Crippen LogP) is 4.12. The quantitative estimate of drug-likeness (QED) is 0.347. The van der Waals surface area contributed by atoms with Crippen LogP contribution in [0.15, 0.2) is 48.5 Å². The Hall–Kier alpha value is -3.24. The zero-order valence-electron chi connectivity index (χ0n) is 17.8. The molecule has 178 valence electrons. The molecule has 0 unspecified atom stereocenters. The number of aromatic carboxylic acids is 1. The molecule has 8 nitrogen and oxygen atoms in total. The normalized spacial score (nSPS) is 10.9. The van der Waals surface area contributed by atoms with E-state index in [1.165, 1.54) is 28.8 Å². The van der Waals surface area contributed by atoms with Crippen LogP contribution in [0.1, 0.15) is 47.6 Å². The molecule has 4 aromatic rings. The summed E-state index contributed by atoms with van der Waals surface area (Å²) in [6.45, 7) is 1.57. The molecule has 35 heavy (non-hydrogen) atoms. The smallest absolute Gasteiger partial charge is 0.251 e. The second-order valence-electron chi connectivity index (χ2n) is 7.24.